The summed E-state index contributed by atoms with van der Waals surface area (Å²) in [6.07, 6.45) is 0. The quantitative estimate of drug-likeness (QED) is 0.771. The number of anilines is 1. The molecule has 0 aliphatic carbocycles. The van der Waals surface area contributed by atoms with Crippen molar-refractivity contribution in [1.29, 1.82) is 0 Å². The Bertz CT molecular complexity index is 624. The molecule has 19 heavy (non-hydrogen) atoms. The maximum atomic E-state index is 12.6. The van der Waals surface area contributed by atoms with E-state index in [1.165, 1.54) is 5.56 Å². The Kier molecular flexibility index (Phi) is 3.15. The first kappa shape index (κ1) is 12.4. The van der Waals surface area contributed by atoms with Crippen LogP contribution < -0.4 is 4.90 Å². The molecule has 1 amide bonds. The Morgan fingerprint density at radius 3 is 2.68 bits per heavy atom. The fourth-order valence-electron chi connectivity index (χ4n) is 2.57. The molecule has 2 aromatic carbocycles. The van der Waals surface area contributed by atoms with Crippen molar-refractivity contribution in [1.82, 2.24) is 0 Å². The molecule has 1 atom stereocenters. The Morgan fingerprint density at radius 2 is 1.95 bits per heavy atom. The van der Waals surface area contributed by atoms with Crippen molar-refractivity contribution in [3.8, 4) is 0 Å². The van der Waals surface area contributed by atoms with Gasteiger partial charge in [0.25, 0.3) is 5.91 Å². The summed E-state index contributed by atoms with van der Waals surface area (Å²) in [5.41, 5.74) is 3.01. The van der Waals surface area contributed by atoms with Crippen LogP contribution in [0.25, 0.3) is 0 Å². The Balaban J connectivity index is 2.01. The maximum absolute atomic E-state index is 12.6. The van der Waals surface area contributed by atoms with Gasteiger partial charge in [0.2, 0.25) is 0 Å². The molecule has 96 valence electrons. The highest BCUT2D eigenvalue weighted by Gasteiger charge is 2.30. The molecule has 0 fully saturated rings. The molecular formula is C16H14BrNO. The van der Waals surface area contributed by atoms with E-state index in [4.69, 9.17) is 0 Å². The van der Waals surface area contributed by atoms with Crippen LogP contribution in [0.15, 0.2) is 53.0 Å². The fraction of sp³-hybridized carbons (Fsp3) is 0.188. The topological polar surface area (TPSA) is 20.3 Å². The number of carbonyl (C=O) groups is 1. The molecule has 0 N–H and O–H groups in total. The van der Waals surface area contributed by atoms with Gasteiger partial charge in [0, 0.05) is 28.2 Å². The van der Waals surface area contributed by atoms with E-state index in [2.05, 4.69) is 28.9 Å². The molecule has 1 aliphatic heterocycles. The first-order valence-electron chi connectivity index (χ1n) is 6.33. The normalized spacial score (nSPS) is 17.4. The zero-order valence-corrected chi connectivity index (χ0v) is 12.2. The smallest absolute Gasteiger partial charge is 0.258 e. The highest BCUT2D eigenvalue weighted by molar-refractivity contribution is 9.10. The summed E-state index contributed by atoms with van der Waals surface area (Å²) < 4.78 is 1.01. The molecule has 0 aromatic heterocycles. The number of hydrogen-bond donors (Lipinski definition) is 0. The maximum Gasteiger partial charge on any atom is 0.258 e. The van der Waals surface area contributed by atoms with Gasteiger partial charge < -0.3 is 4.90 Å². The van der Waals surface area contributed by atoms with Crippen molar-refractivity contribution in [2.24, 2.45) is 0 Å². The summed E-state index contributed by atoms with van der Waals surface area (Å²) in [5.74, 6) is 0.458. The molecular weight excluding hydrogens is 302 g/mol. The summed E-state index contributed by atoms with van der Waals surface area (Å²) >= 11 is 3.48. The van der Waals surface area contributed by atoms with Crippen molar-refractivity contribution in [2.75, 3.05) is 11.4 Å². The Hall–Kier alpha value is -1.61. The minimum atomic E-state index is 0.0734. The van der Waals surface area contributed by atoms with Crippen LogP contribution in [-0.4, -0.2) is 12.5 Å². The summed E-state index contributed by atoms with van der Waals surface area (Å²) in [6.45, 7) is 2.91. The van der Waals surface area contributed by atoms with E-state index in [1.54, 1.807) is 0 Å². The van der Waals surface area contributed by atoms with Gasteiger partial charge in [0.15, 0.2) is 0 Å². The number of nitrogens with zero attached hydrogens (tertiary/aromatic N) is 1. The third-order valence-corrected chi connectivity index (χ3v) is 4.03. The monoisotopic (exact) mass is 315 g/mol. The number of amides is 1. The van der Waals surface area contributed by atoms with Crippen molar-refractivity contribution < 1.29 is 4.79 Å². The van der Waals surface area contributed by atoms with Crippen molar-refractivity contribution >= 4 is 27.5 Å². The molecule has 0 saturated heterocycles. The van der Waals surface area contributed by atoms with Crippen LogP contribution >= 0.6 is 15.9 Å². The SMILES string of the molecule is C[C@@H]1CN(C(=O)c2ccccc2)c2cc(Br)ccc21. The zero-order valence-electron chi connectivity index (χ0n) is 10.6. The lowest BCUT2D eigenvalue weighted by Gasteiger charge is -2.17. The zero-order chi connectivity index (χ0) is 13.4. The number of carbonyl (C=O) groups excluding carboxylic acids is 1. The predicted octanol–water partition coefficient (Wildman–Crippen LogP) is 4.21. The molecule has 3 heteroatoms. The second-order valence-electron chi connectivity index (χ2n) is 4.89. The molecule has 3 rings (SSSR count). The lowest BCUT2D eigenvalue weighted by molar-refractivity contribution is 0.0988. The summed E-state index contributed by atoms with van der Waals surface area (Å²) in [7, 11) is 0. The average molecular weight is 316 g/mol. The second kappa shape index (κ2) is 4.82. The van der Waals surface area contributed by atoms with Crippen molar-refractivity contribution in [2.45, 2.75) is 12.8 Å². The van der Waals surface area contributed by atoms with Gasteiger partial charge in [-0.1, -0.05) is 47.1 Å². The molecule has 1 aliphatic rings. The first-order valence-corrected chi connectivity index (χ1v) is 7.12. The van der Waals surface area contributed by atoms with Crippen LogP contribution in [0, 0.1) is 0 Å². The number of halogens is 1. The van der Waals surface area contributed by atoms with Gasteiger partial charge in [0.1, 0.15) is 0 Å². The average Bonchev–Trinajstić information content (AvgIpc) is 2.75. The molecule has 0 bridgehead atoms. The number of hydrogen-bond acceptors (Lipinski definition) is 1. The minimum absolute atomic E-state index is 0.0734. The van der Waals surface area contributed by atoms with Crippen molar-refractivity contribution in [3.05, 3.63) is 64.1 Å². The summed E-state index contributed by atoms with van der Waals surface area (Å²) in [6, 6.07) is 15.6. The predicted molar refractivity (Wildman–Crippen MR) is 80.7 cm³/mol. The van der Waals surface area contributed by atoms with Gasteiger partial charge in [-0.05, 0) is 29.8 Å². The second-order valence-corrected chi connectivity index (χ2v) is 5.80. The number of rotatable bonds is 1. The Labute approximate surface area is 121 Å². The van der Waals surface area contributed by atoms with Crippen LogP contribution in [0.3, 0.4) is 0 Å². The number of fused-ring (bicyclic) bond motifs is 1. The van der Waals surface area contributed by atoms with Gasteiger partial charge in [-0.15, -0.1) is 0 Å². The van der Waals surface area contributed by atoms with E-state index >= 15 is 0 Å². The third-order valence-electron chi connectivity index (χ3n) is 3.54. The minimum Gasteiger partial charge on any atom is -0.307 e. The third kappa shape index (κ3) is 2.19. The summed E-state index contributed by atoms with van der Waals surface area (Å²) in [4.78, 5) is 14.5. The fourth-order valence-corrected chi connectivity index (χ4v) is 2.92. The molecule has 2 nitrogen and oxygen atoms in total. The van der Waals surface area contributed by atoms with Gasteiger partial charge in [-0.3, -0.25) is 4.79 Å². The first-order chi connectivity index (χ1) is 9.16. The van der Waals surface area contributed by atoms with Crippen LogP contribution in [0.5, 0.6) is 0 Å². The number of benzene rings is 2. The van der Waals surface area contributed by atoms with Crippen LogP contribution in [-0.2, 0) is 0 Å². The largest absolute Gasteiger partial charge is 0.307 e. The van der Waals surface area contributed by atoms with Crippen LogP contribution in [0.2, 0.25) is 0 Å². The molecule has 0 unspecified atom stereocenters. The molecule has 0 saturated carbocycles. The van der Waals surface area contributed by atoms with E-state index < -0.39 is 0 Å². The van der Waals surface area contributed by atoms with Gasteiger partial charge >= 0.3 is 0 Å². The van der Waals surface area contributed by atoms with E-state index in [-0.39, 0.29) is 5.91 Å². The standard InChI is InChI=1S/C16H14BrNO/c1-11-10-18(15-9-13(17)7-8-14(11)15)16(19)12-5-3-2-4-6-12/h2-9,11H,10H2,1H3/t11-/m1/s1. The van der Waals surface area contributed by atoms with Crippen molar-refractivity contribution in [3.63, 3.8) is 0 Å². The summed E-state index contributed by atoms with van der Waals surface area (Å²) in [5, 5.41) is 0. The van der Waals surface area contributed by atoms with E-state index in [1.807, 2.05) is 47.4 Å². The van der Waals surface area contributed by atoms with Crippen LogP contribution in [0.4, 0.5) is 5.69 Å². The lowest BCUT2D eigenvalue weighted by Crippen LogP contribution is -2.29. The molecule has 2 aromatic rings. The van der Waals surface area contributed by atoms with E-state index in [0.717, 1.165) is 22.3 Å². The van der Waals surface area contributed by atoms with E-state index in [9.17, 15) is 4.79 Å². The van der Waals surface area contributed by atoms with Gasteiger partial charge in [-0.25, -0.2) is 0 Å². The van der Waals surface area contributed by atoms with Crippen LogP contribution in [0.1, 0.15) is 28.8 Å². The molecule has 0 radical (unpaired) electrons. The Morgan fingerprint density at radius 1 is 1.21 bits per heavy atom. The van der Waals surface area contributed by atoms with Gasteiger partial charge in [0.05, 0.1) is 0 Å². The van der Waals surface area contributed by atoms with Gasteiger partial charge in [-0.2, -0.15) is 0 Å². The molecule has 0 spiro atoms. The molecule has 1 heterocycles. The van der Waals surface area contributed by atoms with E-state index in [0.29, 0.717) is 5.92 Å². The highest BCUT2D eigenvalue weighted by atomic mass is 79.9. The lowest BCUT2D eigenvalue weighted by atomic mass is 10.0. The highest BCUT2D eigenvalue weighted by Crippen LogP contribution is 2.38.